The molecule has 5 nitrogen and oxygen atoms in total. The summed E-state index contributed by atoms with van der Waals surface area (Å²) in [6.07, 6.45) is 2.31. The Hall–Kier alpha value is -0.330. The van der Waals surface area contributed by atoms with Gasteiger partial charge in [0.2, 0.25) is 0 Å². The third-order valence-corrected chi connectivity index (χ3v) is 4.49. The highest BCUT2D eigenvalue weighted by Gasteiger charge is 2.37. The van der Waals surface area contributed by atoms with E-state index in [1.807, 2.05) is 20.8 Å². The van der Waals surface area contributed by atoms with Crippen molar-refractivity contribution in [1.82, 2.24) is 4.90 Å². The summed E-state index contributed by atoms with van der Waals surface area (Å²) >= 11 is 3.55. The van der Waals surface area contributed by atoms with Gasteiger partial charge in [-0.05, 0) is 40.0 Å². The topological polar surface area (TPSA) is 48.0 Å². The predicted molar refractivity (Wildman–Crippen MR) is 86.0 cm³/mol. The molecule has 6 heteroatoms. The van der Waals surface area contributed by atoms with E-state index in [2.05, 4.69) is 15.9 Å². The van der Waals surface area contributed by atoms with E-state index in [0.717, 1.165) is 24.6 Å². The first-order valence-electron chi connectivity index (χ1n) is 7.49. The Morgan fingerprint density at radius 1 is 1.24 bits per heavy atom. The number of carbonyl (C=O) groups is 1. The van der Waals surface area contributed by atoms with E-state index in [4.69, 9.17) is 14.2 Å². The minimum absolute atomic E-state index is 0.174. The molecule has 1 fully saturated rings. The number of alkyl halides is 1. The van der Waals surface area contributed by atoms with E-state index >= 15 is 0 Å². The van der Waals surface area contributed by atoms with Gasteiger partial charge in [0.05, 0.1) is 5.60 Å². The second-order valence-electron chi connectivity index (χ2n) is 6.48. The zero-order valence-corrected chi connectivity index (χ0v) is 15.2. The molecular formula is C15H28BrNO4. The van der Waals surface area contributed by atoms with Crippen LogP contribution in [0.2, 0.25) is 0 Å². The molecule has 1 saturated heterocycles. The number of methoxy groups -OCH3 is 1. The van der Waals surface area contributed by atoms with Crippen molar-refractivity contribution in [3.63, 3.8) is 0 Å². The average molecular weight is 366 g/mol. The Morgan fingerprint density at radius 2 is 1.86 bits per heavy atom. The number of ether oxygens (including phenoxy) is 3. The van der Waals surface area contributed by atoms with Gasteiger partial charge in [-0.3, -0.25) is 0 Å². The summed E-state index contributed by atoms with van der Waals surface area (Å²) in [5.41, 5.74) is -0.621. The van der Waals surface area contributed by atoms with Gasteiger partial charge in [-0.25, -0.2) is 4.79 Å². The average Bonchev–Trinajstić information content (AvgIpc) is 2.42. The maximum Gasteiger partial charge on any atom is 0.410 e. The van der Waals surface area contributed by atoms with Crippen LogP contribution in [0.4, 0.5) is 4.79 Å². The third-order valence-electron chi connectivity index (χ3n) is 3.47. The van der Waals surface area contributed by atoms with Crippen LogP contribution in [0.1, 0.15) is 40.0 Å². The van der Waals surface area contributed by atoms with Crippen molar-refractivity contribution in [2.75, 3.05) is 38.7 Å². The standard InChI is InChI=1S/C15H28BrNO4/c1-14(2,3)21-13(18)17-8-6-15(12-16,7-9-17)20-11-5-10-19-4/h5-12H2,1-4H3. The van der Waals surface area contributed by atoms with Crippen LogP contribution < -0.4 is 0 Å². The maximum absolute atomic E-state index is 12.0. The third kappa shape index (κ3) is 6.53. The monoisotopic (exact) mass is 365 g/mol. The Labute approximate surface area is 136 Å². The summed E-state index contributed by atoms with van der Waals surface area (Å²) < 4.78 is 16.5. The van der Waals surface area contributed by atoms with Crippen LogP contribution in [0, 0.1) is 0 Å². The van der Waals surface area contributed by atoms with Gasteiger partial charge in [0.1, 0.15) is 5.60 Å². The fraction of sp³-hybridized carbons (Fsp3) is 0.933. The van der Waals surface area contributed by atoms with Gasteiger partial charge in [-0.2, -0.15) is 0 Å². The summed E-state index contributed by atoms with van der Waals surface area (Å²) in [4.78, 5) is 13.8. The van der Waals surface area contributed by atoms with Gasteiger partial charge in [0.25, 0.3) is 0 Å². The van der Waals surface area contributed by atoms with Gasteiger partial charge in [-0.15, -0.1) is 0 Å². The molecule has 0 unspecified atom stereocenters. The number of carbonyl (C=O) groups excluding carboxylic acids is 1. The number of halogens is 1. The van der Waals surface area contributed by atoms with E-state index in [1.165, 1.54) is 0 Å². The molecular weight excluding hydrogens is 338 g/mol. The van der Waals surface area contributed by atoms with Crippen LogP contribution in [0.3, 0.4) is 0 Å². The van der Waals surface area contributed by atoms with E-state index in [1.54, 1.807) is 12.0 Å². The second kappa shape index (κ2) is 8.34. The van der Waals surface area contributed by atoms with Crippen LogP contribution in [0.25, 0.3) is 0 Å². The summed E-state index contributed by atoms with van der Waals surface area (Å²) in [6, 6.07) is 0. The molecule has 0 saturated carbocycles. The number of likely N-dealkylation sites (tertiary alicyclic amines) is 1. The van der Waals surface area contributed by atoms with Crippen molar-refractivity contribution in [2.24, 2.45) is 0 Å². The number of rotatable bonds is 6. The number of piperidine rings is 1. The molecule has 1 heterocycles. The molecule has 0 aromatic rings. The molecule has 0 atom stereocenters. The lowest BCUT2D eigenvalue weighted by atomic mass is 9.93. The number of amides is 1. The predicted octanol–water partition coefficient (Wildman–Crippen LogP) is 3.20. The second-order valence-corrected chi connectivity index (χ2v) is 7.04. The van der Waals surface area contributed by atoms with Crippen LogP contribution in [-0.4, -0.2) is 60.9 Å². The van der Waals surface area contributed by atoms with E-state index in [0.29, 0.717) is 26.3 Å². The number of nitrogens with zero attached hydrogens (tertiary/aromatic N) is 1. The fourth-order valence-electron chi connectivity index (χ4n) is 2.23. The van der Waals surface area contributed by atoms with Crippen LogP contribution in [0.5, 0.6) is 0 Å². The highest BCUT2D eigenvalue weighted by molar-refractivity contribution is 9.09. The van der Waals surface area contributed by atoms with Gasteiger partial charge in [0, 0.05) is 38.7 Å². The lowest BCUT2D eigenvalue weighted by Gasteiger charge is -2.40. The first kappa shape index (κ1) is 18.7. The smallest absolute Gasteiger partial charge is 0.410 e. The molecule has 0 N–H and O–H groups in total. The summed E-state index contributed by atoms with van der Waals surface area (Å²) in [7, 11) is 1.69. The molecule has 0 bridgehead atoms. The maximum atomic E-state index is 12.0. The van der Waals surface area contributed by atoms with Gasteiger partial charge >= 0.3 is 6.09 Å². The molecule has 21 heavy (non-hydrogen) atoms. The number of hydrogen-bond acceptors (Lipinski definition) is 4. The van der Waals surface area contributed by atoms with E-state index in [-0.39, 0.29) is 11.7 Å². The van der Waals surface area contributed by atoms with E-state index in [9.17, 15) is 4.79 Å². The van der Waals surface area contributed by atoms with Crippen molar-refractivity contribution in [1.29, 1.82) is 0 Å². The quantitative estimate of drug-likeness (QED) is 0.535. The Kier molecular flexibility index (Phi) is 7.44. The first-order chi connectivity index (χ1) is 9.82. The van der Waals surface area contributed by atoms with Crippen molar-refractivity contribution >= 4 is 22.0 Å². The summed E-state index contributed by atoms with van der Waals surface area (Å²) in [6.45, 7) is 8.40. The first-order valence-corrected chi connectivity index (χ1v) is 8.61. The molecule has 0 aromatic carbocycles. The lowest BCUT2D eigenvalue weighted by molar-refractivity contribution is -0.0720. The Balaban J connectivity index is 2.42. The molecule has 0 spiro atoms. The fourth-order valence-corrected chi connectivity index (χ4v) is 2.95. The Morgan fingerprint density at radius 3 is 2.33 bits per heavy atom. The molecule has 124 valence electrons. The van der Waals surface area contributed by atoms with Gasteiger partial charge < -0.3 is 19.1 Å². The highest BCUT2D eigenvalue weighted by atomic mass is 79.9. The summed E-state index contributed by atoms with van der Waals surface area (Å²) in [5.74, 6) is 0. The van der Waals surface area contributed by atoms with Crippen molar-refractivity contribution in [3.8, 4) is 0 Å². The molecule has 1 rings (SSSR count). The minimum atomic E-state index is -0.447. The molecule has 0 aromatic heterocycles. The van der Waals surface area contributed by atoms with Crippen LogP contribution in [-0.2, 0) is 14.2 Å². The zero-order valence-electron chi connectivity index (χ0n) is 13.6. The Bertz CT molecular complexity index is 322. The van der Waals surface area contributed by atoms with Gasteiger partial charge in [-0.1, -0.05) is 15.9 Å². The van der Waals surface area contributed by atoms with E-state index < -0.39 is 5.60 Å². The van der Waals surface area contributed by atoms with Crippen molar-refractivity contribution in [3.05, 3.63) is 0 Å². The summed E-state index contributed by atoms with van der Waals surface area (Å²) in [5, 5.41) is 0.787. The van der Waals surface area contributed by atoms with Crippen molar-refractivity contribution < 1.29 is 19.0 Å². The molecule has 0 aliphatic carbocycles. The highest BCUT2D eigenvalue weighted by Crippen LogP contribution is 2.29. The van der Waals surface area contributed by atoms with Crippen LogP contribution in [0.15, 0.2) is 0 Å². The zero-order chi connectivity index (χ0) is 15.9. The lowest BCUT2D eigenvalue weighted by Crippen LogP contribution is -2.50. The van der Waals surface area contributed by atoms with Crippen molar-refractivity contribution in [2.45, 2.75) is 51.2 Å². The normalized spacial score (nSPS) is 18.6. The molecule has 1 amide bonds. The largest absolute Gasteiger partial charge is 0.444 e. The molecule has 0 radical (unpaired) electrons. The molecule has 1 aliphatic rings. The number of hydrogen-bond donors (Lipinski definition) is 0. The SMILES string of the molecule is COCCCOC1(CBr)CCN(C(=O)OC(C)(C)C)CC1. The van der Waals surface area contributed by atoms with Crippen LogP contribution >= 0.6 is 15.9 Å². The minimum Gasteiger partial charge on any atom is -0.444 e. The van der Waals surface area contributed by atoms with Gasteiger partial charge in [0.15, 0.2) is 0 Å². The molecule has 1 aliphatic heterocycles.